The van der Waals surface area contributed by atoms with E-state index in [2.05, 4.69) is 52.5 Å². The molecule has 0 aromatic carbocycles. The molecule has 2 saturated carbocycles. The standard InChI is InChI=1S/C28H44O3S/c1-6-20(7-2)27(31)17-32-19(4)24-12-13-25-21(9-8-14-28(24,25)5)10-11-22-15-23(29)16-26(30)18(22)3/h10-12,19-20,23,25-27,29-31H,3,6-9,13-17H2,1-2,4-5H3/b21-10+,22-11-/t19?,23-,25+,26+,27+,28-/m1/s1. The fraction of sp³-hybridized carbons (Fsp3) is 0.714. The maximum atomic E-state index is 10.6. The van der Waals surface area contributed by atoms with Gasteiger partial charge >= 0.3 is 0 Å². The number of aliphatic hydroxyl groups excluding tert-OH is 3. The second-order valence-electron chi connectivity index (χ2n) is 10.4. The summed E-state index contributed by atoms with van der Waals surface area (Å²) in [5.41, 5.74) is 5.00. The minimum Gasteiger partial charge on any atom is -0.393 e. The van der Waals surface area contributed by atoms with E-state index in [1.54, 1.807) is 5.57 Å². The highest BCUT2D eigenvalue weighted by Gasteiger charge is 2.46. The van der Waals surface area contributed by atoms with Crippen molar-refractivity contribution in [1.82, 2.24) is 0 Å². The van der Waals surface area contributed by atoms with E-state index in [-0.39, 0.29) is 11.5 Å². The summed E-state index contributed by atoms with van der Waals surface area (Å²) in [5.74, 6) is 1.74. The predicted molar refractivity (Wildman–Crippen MR) is 137 cm³/mol. The molecule has 3 nitrogen and oxygen atoms in total. The van der Waals surface area contributed by atoms with Gasteiger partial charge < -0.3 is 15.3 Å². The summed E-state index contributed by atoms with van der Waals surface area (Å²) in [7, 11) is 0. The molecule has 0 aliphatic heterocycles. The van der Waals surface area contributed by atoms with Gasteiger partial charge in [0.15, 0.2) is 0 Å². The van der Waals surface area contributed by atoms with Gasteiger partial charge in [0.1, 0.15) is 0 Å². The largest absolute Gasteiger partial charge is 0.393 e. The van der Waals surface area contributed by atoms with Crippen LogP contribution >= 0.6 is 11.8 Å². The Bertz CT molecular complexity index is 763. The Hall–Kier alpha value is -0.810. The molecule has 0 aromatic rings. The van der Waals surface area contributed by atoms with Crippen LogP contribution in [0.2, 0.25) is 0 Å². The molecule has 6 atom stereocenters. The van der Waals surface area contributed by atoms with Gasteiger partial charge in [-0.3, -0.25) is 0 Å². The minimum atomic E-state index is -0.631. The van der Waals surface area contributed by atoms with Crippen molar-refractivity contribution in [3.63, 3.8) is 0 Å². The fourth-order valence-electron chi connectivity index (χ4n) is 6.25. The lowest BCUT2D eigenvalue weighted by Gasteiger charge is -2.42. The molecular formula is C28H44O3S. The minimum absolute atomic E-state index is 0.192. The van der Waals surface area contributed by atoms with Crippen LogP contribution in [-0.2, 0) is 0 Å². The Morgan fingerprint density at radius 2 is 1.97 bits per heavy atom. The molecule has 0 heterocycles. The van der Waals surface area contributed by atoms with Crippen LogP contribution < -0.4 is 0 Å². The first kappa shape index (κ1) is 25.8. The van der Waals surface area contributed by atoms with Gasteiger partial charge in [0.25, 0.3) is 0 Å². The number of thioether (sulfide) groups is 1. The highest BCUT2D eigenvalue weighted by Crippen LogP contribution is 2.56. The Morgan fingerprint density at radius 1 is 1.25 bits per heavy atom. The van der Waals surface area contributed by atoms with E-state index in [4.69, 9.17) is 0 Å². The first-order valence-corrected chi connectivity index (χ1v) is 13.7. The average Bonchev–Trinajstić information content (AvgIpc) is 3.12. The normalized spacial score (nSPS) is 35.3. The molecule has 3 N–H and O–H groups in total. The van der Waals surface area contributed by atoms with E-state index in [0.29, 0.717) is 29.9 Å². The van der Waals surface area contributed by atoms with E-state index in [1.165, 1.54) is 18.4 Å². The van der Waals surface area contributed by atoms with E-state index in [0.717, 1.165) is 42.6 Å². The molecule has 3 rings (SSSR count). The lowest BCUT2D eigenvalue weighted by Crippen LogP contribution is -2.33. The van der Waals surface area contributed by atoms with E-state index >= 15 is 0 Å². The Balaban J connectivity index is 1.69. The van der Waals surface area contributed by atoms with Crippen LogP contribution in [0.4, 0.5) is 0 Å². The summed E-state index contributed by atoms with van der Waals surface area (Å²) in [6.07, 6.45) is 13.2. The summed E-state index contributed by atoms with van der Waals surface area (Å²) in [6.45, 7) is 13.2. The van der Waals surface area contributed by atoms with Gasteiger partial charge in [-0.15, -0.1) is 0 Å². The number of hydrogen-bond acceptors (Lipinski definition) is 4. The summed E-state index contributed by atoms with van der Waals surface area (Å²) < 4.78 is 0. The maximum Gasteiger partial charge on any atom is 0.0811 e. The van der Waals surface area contributed by atoms with Gasteiger partial charge in [0.05, 0.1) is 18.3 Å². The van der Waals surface area contributed by atoms with Gasteiger partial charge in [0.2, 0.25) is 0 Å². The average molecular weight is 461 g/mol. The molecule has 0 radical (unpaired) electrons. The molecule has 4 heteroatoms. The lowest BCUT2D eigenvalue weighted by molar-refractivity contribution is 0.0862. The number of hydrogen-bond donors (Lipinski definition) is 3. The second-order valence-corrected chi connectivity index (χ2v) is 11.8. The van der Waals surface area contributed by atoms with Crippen molar-refractivity contribution in [2.75, 3.05) is 5.75 Å². The van der Waals surface area contributed by atoms with Gasteiger partial charge in [0, 0.05) is 17.4 Å². The van der Waals surface area contributed by atoms with Crippen LogP contribution in [0.1, 0.15) is 79.1 Å². The van der Waals surface area contributed by atoms with Crippen molar-refractivity contribution in [1.29, 1.82) is 0 Å². The molecule has 0 spiro atoms. The van der Waals surface area contributed by atoms with Crippen molar-refractivity contribution >= 4 is 11.8 Å². The third-order valence-electron chi connectivity index (χ3n) is 8.42. The van der Waals surface area contributed by atoms with Crippen molar-refractivity contribution in [2.24, 2.45) is 17.3 Å². The zero-order chi connectivity index (χ0) is 23.5. The molecule has 32 heavy (non-hydrogen) atoms. The third-order valence-corrected chi connectivity index (χ3v) is 9.71. The topological polar surface area (TPSA) is 60.7 Å². The van der Waals surface area contributed by atoms with E-state index < -0.39 is 12.2 Å². The quantitative estimate of drug-likeness (QED) is 0.391. The molecule has 3 aliphatic carbocycles. The summed E-state index contributed by atoms with van der Waals surface area (Å²) >= 11 is 1.92. The van der Waals surface area contributed by atoms with Gasteiger partial charge in [-0.25, -0.2) is 0 Å². The zero-order valence-corrected chi connectivity index (χ0v) is 21.3. The molecule has 3 aliphatic rings. The molecule has 180 valence electrons. The number of fused-ring (bicyclic) bond motifs is 1. The number of rotatable bonds is 8. The number of aliphatic hydroxyl groups is 3. The first-order chi connectivity index (χ1) is 15.2. The molecule has 0 aromatic heterocycles. The third kappa shape index (κ3) is 5.46. The molecule has 0 amide bonds. The Morgan fingerprint density at radius 3 is 2.66 bits per heavy atom. The Kier molecular flexibility index (Phi) is 8.93. The van der Waals surface area contributed by atoms with Crippen LogP contribution in [0.3, 0.4) is 0 Å². The highest BCUT2D eigenvalue weighted by molar-refractivity contribution is 8.00. The highest BCUT2D eigenvalue weighted by atomic mass is 32.2. The monoisotopic (exact) mass is 460 g/mol. The van der Waals surface area contributed by atoms with Crippen LogP contribution in [0.15, 0.2) is 47.1 Å². The molecule has 1 unspecified atom stereocenters. The maximum absolute atomic E-state index is 10.6. The smallest absolute Gasteiger partial charge is 0.0811 e. The van der Waals surface area contributed by atoms with Crippen molar-refractivity contribution in [3.05, 3.63) is 47.1 Å². The van der Waals surface area contributed by atoms with Crippen LogP contribution in [-0.4, -0.2) is 44.6 Å². The molecule has 2 fully saturated rings. The summed E-state index contributed by atoms with van der Waals surface area (Å²) in [6, 6.07) is 0. The molecule has 0 saturated heterocycles. The van der Waals surface area contributed by atoms with Crippen LogP contribution in [0, 0.1) is 17.3 Å². The fourth-order valence-corrected chi connectivity index (χ4v) is 7.55. The molecular weight excluding hydrogens is 416 g/mol. The van der Waals surface area contributed by atoms with E-state index in [9.17, 15) is 15.3 Å². The van der Waals surface area contributed by atoms with Crippen LogP contribution in [0.5, 0.6) is 0 Å². The Labute approximate surface area is 199 Å². The van der Waals surface area contributed by atoms with Gasteiger partial charge in [-0.05, 0) is 67.4 Å². The second kappa shape index (κ2) is 11.1. The lowest BCUT2D eigenvalue weighted by atomic mass is 9.64. The molecule has 0 bridgehead atoms. The van der Waals surface area contributed by atoms with Gasteiger partial charge in [-0.2, -0.15) is 11.8 Å². The SMILES string of the molecule is C=C1/C(=C\C=C2/CCC[C@]3(C)C(C(C)SC[C@H](O)C(CC)CC)=CC[C@@H]23)C[C@@H](O)C[C@@H]1O. The summed E-state index contributed by atoms with van der Waals surface area (Å²) in [5, 5.41) is 31.2. The predicted octanol–water partition coefficient (Wildman–Crippen LogP) is 5.97. The van der Waals surface area contributed by atoms with E-state index in [1.807, 2.05) is 11.8 Å². The number of allylic oxidation sites excluding steroid dienone is 4. The van der Waals surface area contributed by atoms with Crippen LogP contribution in [0.25, 0.3) is 0 Å². The zero-order valence-electron chi connectivity index (χ0n) is 20.5. The van der Waals surface area contributed by atoms with Gasteiger partial charge in [-0.1, -0.05) is 69.6 Å². The van der Waals surface area contributed by atoms with Crippen molar-refractivity contribution in [3.8, 4) is 0 Å². The first-order valence-electron chi connectivity index (χ1n) is 12.7. The van der Waals surface area contributed by atoms with Crippen molar-refractivity contribution < 1.29 is 15.3 Å². The summed E-state index contributed by atoms with van der Waals surface area (Å²) in [4.78, 5) is 0. The van der Waals surface area contributed by atoms with Crippen molar-refractivity contribution in [2.45, 2.75) is 103 Å².